The summed E-state index contributed by atoms with van der Waals surface area (Å²) in [5, 5.41) is 1.53. The van der Waals surface area contributed by atoms with Crippen LogP contribution in [0.25, 0.3) is 21.0 Å². The third kappa shape index (κ3) is 7.42. The fraction of sp³-hybridized carbons (Fsp3) is 0.349. The molecule has 0 spiro atoms. The van der Waals surface area contributed by atoms with Crippen LogP contribution in [0.4, 0.5) is 4.39 Å². The van der Waals surface area contributed by atoms with Crippen LogP contribution < -0.4 is 26.4 Å². The van der Waals surface area contributed by atoms with Crippen LogP contribution >= 0.6 is 11.3 Å². The second-order valence-corrected chi connectivity index (χ2v) is 20.2. The number of oxazole rings is 1. The molecule has 298 valence electrons. The molecule has 1 saturated heterocycles. The molecule has 3 aromatic heterocycles. The number of aryl methyl sites for hydroxylation is 1. The predicted molar refractivity (Wildman–Crippen MR) is 222 cm³/mol. The lowest BCUT2D eigenvalue weighted by molar-refractivity contribution is -0.136. The van der Waals surface area contributed by atoms with Gasteiger partial charge in [-0.15, -0.1) is 11.3 Å². The van der Waals surface area contributed by atoms with E-state index in [1.165, 1.54) is 58.6 Å². The number of rotatable bonds is 14. The van der Waals surface area contributed by atoms with Crippen LogP contribution in [-0.2, 0) is 16.1 Å². The van der Waals surface area contributed by atoms with Crippen molar-refractivity contribution in [3.63, 3.8) is 0 Å². The highest BCUT2D eigenvalue weighted by atomic mass is 32.1. The largest absolute Gasteiger partial charge is 0.496 e. The second-order valence-electron chi connectivity index (χ2n) is 15.2. The van der Waals surface area contributed by atoms with Crippen LogP contribution in [0.15, 0.2) is 105 Å². The summed E-state index contributed by atoms with van der Waals surface area (Å²) in [6, 6.07) is 22.7. The van der Waals surface area contributed by atoms with E-state index < -0.39 is 42.6 Å². The molecule has 0 saturated carbocycles. The molecule has 1 N–H and O–H groups in total. The second kappa shape index (κ2) is 16.4. The standard InChI is InChI=1S/C43H47FN4O7SSi/c1-28-36-40(50)48(33-18-12-23-46(4)39(33)49)42(51)47(41(36)56-37(28)38-45-22-25-55-38)27-35(32-26-29(44)19-20-34(32)53-5)54-24-13-21-43(2,3)57(52,30-14-8-6-9-15-30)31-16-10-7-11-17-31/h6-11,14-17,19-20,22,25-26,33,35,52H,12-13,18,21,23-24,27H2,1-5H3/t33?,35-/m0/s1. The number of carbonyl (C=O) groups excluding carboxylic acids is 1. The number of ether oxygens (including phenoxy) is 2. The van der Waals surface area contributed by atoms with Crippen molar-refractivity contribution < 1.29 is 27.9 Å². The van der Waals surface area contributed by atoms with Gasteiger partial charge in [0.25, 0.3) is 13.9 Å². The zero-order valence-corrected chi connectivity index (χ0v) is 34.6. The molecule has 11 nitrogen and oxygen atoms in total. The third-order valence-electron chi connectivity index (χ3n) is 11.3. The number of hydrogen-bond acceptors (Lipinski definition) is 9. The number of likely N-dealkylation sites (tertiary alicyclic amines) is 1. The lowest BCUT2D eigenvalue weighted by Crippen LogP contribution is -2.65. The van der Waals surface area contributed by atoms with Gasteiger partial charge in [-0.25, -0.2) is 18.7 Å². The minimum Gasteiger partial charge on any atom is -0.496 e. The summed E-state index contributed by atoms with van der Waals surface area (Å²) in [4.78, 5) is 62.1. The third-order valence-corrected chi connectivity index (χ3v) is 17.2. The van der Waals surface area contributed by atoms with Gasteiger partial charge in [-0.3, -0.25) is 14.2 Å². The van der Waals surface area contributed by atoms with Crippen molar-refractivity contribution in [2.45, 2.75) is 70.2 Å². The number of aromatic nitrogens is 3. The Morgan fingerprint density at radius 2 is 1.74 bits per heavy atom. The Morgan fingerprint density at radius 1 is 1.05 bits per heavy atom. The van der Waals surface area contributed by atoms with Crippen molar-refractivity contribution in [1.29, 1.82) is 0 Å². The average molecular weight is 811 g/mol. The van der Waals surface area contributed by atoms with Crippen LogP contribution in [0, 0.1) is 12.7 Å². The summed E-state index contributed by atoms with van der Waals surface area (Å²) < 4.78 is 35.6. The number of likely N-dealkylation sites (N-methyl/N-ethyl adjacent to an activating group) is 1. The van der Waals surface area contributed by atoms with Gasteiger partial charge in [0.1, 0.15) is 34.8 Å². The molecular formula is C43H47FN4O7SSi. The Kier molecular flexibility index (Phi) is 11.5. The molecule has 1 fully saturated rings. The summed E-state index contributed by atoms with van der Waals surface area (Å²) in [6.07, 6.45) is 4.07. The van der Waals surface area contributed by atoms with Gasteiger partial charge < -0.3 is 23.6 Å². The first kappa shape index (κ1) is 40.1. The molecule has 1 aliphatic rings. The number of fused-ring (bicyclic) bond motifs is 1. The first-order chi connectivity index (χ1) is 27.4. The van der Waals surface area contributed by atoms with Crippen molar-refractivity contribution in [3.8, 4) is 16.5 Å². The zero-order valence-electron chi connectivity index (χ0n) is 32.7. The van der Waals surface area contributed by atoms with E-state index in [4.69, 9.17) is 13.9 Å². The Balaban J connectivity index is 1.28. The molecule has 0 radical (unpaired) electrons. The molecule has 14 heteroatoms. The Morgan fingerprint density at radius 3 is 2.37 bits per heavy atom. The number of halogens is 1. The van der Waals surface area contributed by atoms with E-state index >= 15 is 4.39 Å². The number of piperidine rings is 1. The smallest absolute Gasteiger partial charge is 0.332 e. The minimum atomic E-state index is -3.30. The van der Waals surface area contributed by atoms with Gasteiger partial charge in [-0.05, 0) is 71.8 Å². The lowest BCUT2D eigenvalue weighted by Gasteiger charge is -2.41. The van der Waals surface area contributed by atoms with Crippen molar-refractivity contribution >= 4 is 46.2 Å². The summed E-state index contributed by atoms with van der Waals surface area (Å²) >= 11 is 1.19. The summed E-state index contributed by atoms with van der Waals surface area (Å²) in [5.74, 6) is -0.173. The van der Waals surface area contributed by atoms with Crippen molar-refractivity contribution in [2.24, 2.45) is 0 Å². The summed E-state index contributed by atoms with van der Waals surface area (Å²) in [7, 11) is -0.155. The highest BCUT2D eigenvalue weighted by Gasteiger charge is 2.49. The van der Waals surface area contributed by atoms with Crippen molar-refractivity contribution in [1.82, 2.24) is 19.0 Å². The highest BCUT2D eigenvalue weighted by molar-refractivity contribution is 7.22. The van der Waals surface area contributed by atoms with Gasteiger partial charge in [0.05, 0.1) is 30.1 Å². The molecular weight excluding hydrogens is 764 g/mol. The van der Waals surface area contributed by atoms with E-state index in [1.807, 2.05) is 60.7 Å². The molecule has 7 rings (SSSR count). The minimum absolute atomic E-state index is 0.132. The van der Waals surface area contributed by atoms with Crippen molar-refractivity contribution in [2.75, 3.05) is 27.3 Å². The van der Waals surface area contributed by atoms with Gasteiger partial charge in [0.2, 0.25) is 11.8 Å². The molecule has 6 aromatic rings. The molecule has 0 aliphatic carbocycles. The number of carbonyl (C=O) groups is 1. The van der Waals surface area contributed by atoms with E-state index in [-0.39, 0.29) is 24.4 Å². The van der Waals surface area contributed by atoms with E-state index in [2.05, 4.69) is 18.8 Å². The molecule has 2 atom stereocenters. The van der Waals surface area contributed by atoms with Gasteiger partial charge in [0.15, 0.2) is 0 Å². The quantitative estimate of drug-likeness (QED) is 0.102. The van der Waals surface area contributed by atoms with E-state index in [9.17, 15) is 19.2 Å². The molecule has 57 heavy (non-hydrogen) atoms. The van der Waals surface area contributed by atoms with E-state index in [0.29, 0.717) is 64.7 Å². The highest BCUT2D eigenvalue weighted by Crippen LogP contribution is 2.41. The molecule has 1 amide bonds. The molecule has 3 aromatic carbocycles. The SMILES string of the molecule is COc1ccc(F)cc1[C@H](Cn1c(=O)n(C2CCCN(C)C2=O)c(=O)c2c(C)c(-c3ncco3)sc21)OCCCC(C)(C)[Si](O)(c1ccccc1)c1ccccc1. The number of thiophene rings is 1. The van der Waals surface area contributed by atoms with Crippen LogP contribution in [0.1, 0.15) is 62.8 Å². The maximum absolute atomic E-state index is 15.1. The topological polar surface area (TPSA) is 129 Å². The molecule has 4 heterocycles. The van der Waals surface area contributed by atoms with E-state index in [0.717, 1.165) is 14.9 Å². The van der Waals surface area contributed by atoms with Crippen LogP contribution in [0.5, 0.6) is 5.75 Å². The average Bonchev–Trinajstić information content (AvgIpc) is 3.87. The van der Waals surface area contributed by atoms with Gasteiger partial charge in [-0.1, -0.05) is 74.5 Å². The predicted octanol–water partition coefficient (Wildman–Crippen LogP) is 6.20. The molecule has 1 aliphatic heterocycles. The number of methoxy groups -OCH3 is 1. The Labute approximate surface area is 335 Å². The molecule has 0 bridgehead atoms. The Hall–Kier alpha value is -5.15. The van der Waals surface area contributed by atoms with Crippen LogP contribution in [-0.4, -0.2) is 65.3 Å². The first-order valence-corrected chi connectivity index (χ1v) is 21.9. The number of amides is 1. The lowest BCUT2D eigenvalue weighted by atomic mass is 10.0. The fourth-order valence-electron chi connectivity index (χ4n) is 8.18. The maximum atomic E-state index is 15.1. The zero-order chi connectivity index (χ0) is 40.5. The van der Waals surface area contributed by atoms with E-state index in [1.54, 1.807) is 14.0 Å². The Bertz CT molecular complexity index is 2450. The maximum Gasteiger partial charge on any atom is 0.332 e. The number of benzene rings is 3. The summed E-state index contributed by atoms with van der Waals surface area (Å²) in [6.45, 7) is 6.52. The van der Waals surface area contributed by atoms with Gasteiger partial charge in [0, 0.05) is 25.8 Å². The van der Waals surface area contributed by atoms with Crippen LogP contribution in [0.2, 0.25) is 5.04 Å². The van der Waals surface area contributed by atoms with Gasteiger partial charge in [-0.2, -0.15) is 0 Å². The summed E-state index contributed by atoms with van der Waals surface area (Å²) in [5.41, 5.74) is -0.294. The van der Waals surface area contributed by atoms with Crippen molar-refractivity contribution in [3.05, 3.63) is 129 Å². The number of nitrogens with zero attached hydrogens (tertiary/aromatic N) is 4. The van der Waals surface area contributed by atoms with Gasteiger partial charge >= 0.3 is 5.69 Å². The first-order valence-electron chi connectivity index (χ1n) is 19.1. The fourth-order valence-corrected chi connectivity index (χ4v) is 13.2. The normalized spacial score (nSPS) is 15.7. The monoisotopic (exact) mass is 810 g/mol. The molecule has 1 unspecified atom stereocenters. The number of hydrogen-bond donors (Lipinski definition) is 1. The van der Waals surface area contributed by atoms with Crippen LogP contribution in [0.3, 0.4) is 0 Å².